The number of carboxylic acid groups (broad SMARTS) is 1. The molecule has 0 radical (unpaired) electrons. The van der Waals surface area contributed by atoms with Gasteiger partial charge in [0.05, 0.1) is 5.56 Å². The Bertz CT molecular complexity index is 592. The zero-order valence-corrected chi connectivity index (χ0v) is 15.0. The summed E-state index contributed by atoms with van der Waals surface area (Å²) in [6, 6.07) is 1.80. The molecule has 23 heavy (non-hydrogen) atoms. The minimum absolute atomic E-state index is 0.0393. The van der Waals surface area contributed by atoms with Gasteiger partial charge in [-0.1, -0.05) is 0 Å². The summed E-state index contributed by atoms with van der Waals surface area (Å²) in [5.74, 6) is 0.0830. The van der Waals surface area contributed by atoms with Crippen molar-refractivity contribution in [2.75, 3.05) is 32.1 Å². The molecular formula is C16H22BrN3O3. The smallest absolute Gasteiger partial charge is 0.303 e. The van der Waals surface area contributed by atoms with Crippen LogP contribution in [0.1, 0.15) is 36.0 Å². The van der Waals surface area contributed by atoms with Crippen molar-refractivity contribution in [2.45, 2.75) is 25.7 Å². The standard InChI is InChI=1S/C16H22BrN3O3/c1-19(2)15-13(8-12(17)9-18-15)16(23)20-7-3-4-11(10-20)5-6-14(21)22/h8-9,11H,3-7,10H2,1-2H3,(H,21,22). The van der Waals surface area contributed by atoms with Gasteiger partial charge in [0.1, 0.15) is 5.82 Å². The molecule has 1 aliphatic rings. The highest BCUT2D eigenvalue weighted by Crippen LogP contribution is 2.26. The van der Waals surface area contributed by atoms with Crippen LogP contribution in [0, 0.1) is 5.92 Å². The highest BCUT2D eigenvalue weighted by atomic mass is 79.9. The van der Waals surface area contributed by atoms with E-state index < -0.39 is 5.97 Å². The van der Waals surface area contributed by atoms with Gasteiger partial charge >= 0.3 is 5.97 Å². The van der Waals surface area contributed by atoms with Gasteiger partial charge in [-0.2, -0.15) is 0 Å². The first-order chi connectivity index (χ1) is 10.9. The third kappa shape index (κ3) is 4.67. The van der Waals surface area contributed by atoms with Gasteiger partial charge in [0.25, 0.3) is 5.91 Å². The minimum Gasteiger partial charge on any atom is -0.481 e. The molecule has 7 heteroatoms. The lowest BCUT2D eigenvalue weighted by atomic mass is 9.93. The van der Waals surface area contributed by atoms with Crippen molar-refractivity contribution in [3.05, 3.63) is 22.3 Å². The van der Waals surface area contributed by atoms with Crippen molar-refractivity contribution in [1.82, 2.24) is 9.88 Å². The van der Waals surface area contributed by atoms with Gasteiger partial charge in [-0.25, -0.2) is 4.98 Å². The molecular weight excluding hydrogens is 362 g/mol. The Morgan fingerprint density at radius 3 is 2.87 bits per heavy atom. The Morgan fingerprint density at radius 1 is 1.48 bits per heavy atom. The fraction of sp³-hybridized carbons (Fsp3) is 0.562. The summed E-state index contributed by atoms with van der Waals surface area (Å²) in [6.45, 7) is 1.33. The van der Waals surface area contributed by atoms with Gasteiger partial charge in [-0.05, 0) is 47.2 Å². The molecule has 6 nitrogen and oxygen atoms in total. The number of hydrogen-bond acceptors (Lipinski definition) is 4. The first-order valence-electron chi connectivity index (χ1n) is 7.72. The number of piperidine rings is 1. The van der Waals surface area contributed by atoms with E-state index in [1.807, 2.05) is 23.9 Å². The van der Waals surface area contributed by atoms with E-state index in [-0.39, 0.29) is 18.2 Å². The number of anilines is 1. The number of pyridine rings is 1. The van der Waals surface area contributed by atoms with Crippen LogP contribution in [-0.4, -0.2) is 54.1 Å². The molecule has 1 aromatic heterocycles. The normalized spacial score (nSPS) is 17.9. The maximum Gasteiger partial charge on any atom is 0.303 e. The number of carbonyl (C=O) groups is 2. The number of aromatic nitrogens is 1. The summed E-state index contributed by atoms with van der Waals surface area (Å²) in [5.41, 5.74) is 0.572. The third-order valence-corrected chi connectivity index (χ3v) is 4.49. The van der Waals surface area contributed by atoms with Crippen molar-refractivity contribution in [1.29, 1.82) is 0 Å². The predicted octanol–water partition coefficient (Wildman–Crippen LogP) is 2.63. The van der Waals surface area contributed by atoms with Crippen LogP contribution in [0.2, 0.25) is 0 Å². The maximum absolute atomic E-state index is 12.9. The van der Waals surface area contributed by atoms with Crippen molar-refractivity contribution in [3.8, 4) is 0 Å². The van der Waals surface area contributed by atoms with Crippen molar-refractivity contribution in [2.24, 2.45) is 5.92 Å². The van der Waals surface area contributed by atoms with E-state index in [0.29, 0.717) is 30.9 Å². The third-order valence-electron chi connectivity index (χ3n) is 4.06. The van der Waals surface area contributed by atoms with Gasteiger partial charge in [-0.3, -0.25) is 9.59 Å². The fourth-order valence-electron chi connectivity index (χ4n) is 2.93. The molecule has 1 atom stereocenters. The monoisotopic (exact) mass is 383 g/mol. The quantitative estimate of drug-likeness (QED) is 0.845. The summed E-state index contributed by atoms with van der Waals surface area (Å²) in [6.07, 6.45) is 4.35. The second-order valence-corrected chi connectivity index (χ2v) is 7.03. The Kier molecular flexibility index (Phi) is 5.98. The van der Waals surface area contributed by atoms with Crippen molar-refractivity contribution in [3.63, 3.8) is 0 Å². The summed E-state index contributed by atoms with van der Waals surface area (Å²) in [7, 11) is 3.72. The highest BCUT2D eigenvalue weighted by molar-refractivity contribution is 9.10. The number of halogens is 1. The van der Waals surface area contributed by atoms with Gasteiger partial charge in [0.15, 0.2) is 0 Å². The lowest BCUT2D eigenvalue weighted by Crippen LogP contribution is -2.40. The predicted molar refractivity (Wildman–Crippen MR) is 91.8 cm³/mol. The number of carbonyl (C=O) groups excluding carboxylic acids is 1. The van der Waals surface area contributed by atoms with Crippen molar-refractivity contribution < 1.29 is 14.7 Å². The second kappa shape index (κ2) is 7.77. The number of hydrogen-bond donors (Lipinski definition) is 1. The zero-order chi connectivity index (χ0) is 17.0. The lowest BCUT2D eigenvalue weighted by molar-refractivity contribution is -0.137. The second-order valence-electron chi connectivity index (χ2n) is 6.11. The SMILES string of the molecule is CN(C)c1ncc(Br)cc1C(=O)N1CCCC(CCC(=O)O)C1. The van der Waals surface area contributed by atoms with Crippen LogP contribution in [0.4, 0.5) is 5.82 Å². The molecule has 2 heterocycles. The number of carboxylic acids is 1. The van der Waals surface area contributed by atoms with E-state index in [0.717, 1.165) is 17.3 Å². The number of likely N-dealkylation sites (tertiary alicyclic amines) is 1. The number of aliphatic carboxylic acids is 1. The van der Waals surface area contributed by atoms with Gasteiger partial charge < -0.3 is 14.9 Å². The Hall–Kier alpha value is -1.63. The first-order valence-corrected chi connectivity index (χ1v) is 8.51. The molecule has 1 saturated heterocycles. The van der Waals surface area contributed by atoms with Crippen LogP contribution in [-0.2, 0) is 4.79 Å². The molecule has 0 bridgehead atoms. The number of nitrogens with zero attached hydrogens (tertiary/aromatic N) is 3. The van der Waals surface area contributed by atoms with Gasteiger partial charge in [-0.15, -0.1) is 0 Å². The molecule has 0 aliphatic carbocycles. The van der Waals surface area contributed by atoms with E-state index in [1.54, 1.807) is 12.3 Å². The summed E-state index contributed by atoms with van der Waals surface area (Å²) in [5, 5.41) is 8.83. The highest BCUT2D eigenvalue weighted by Gasteiger charge is 2.27. The van der Waals surface area contributed by atoms with Crippen LogP contribution in [0.3, 0.4) is 0 Å². The van der Waals surface area contributed by atoms with Crippen LogP contribution in [0.5, 0.6) is 0 Å². The van der Waals surface area contributed by atoms with E-state index in [2.05, 4.69) is 20.9 Å². The zero-order valence-electron chi connectivity index (χ0n) is 13.5. The molecule has 0 spiro atoms. The Labute approximate surface area is 144 Å². The van der Waals surface area contributed by atoms with E-state index in [1.165, 1.54) is 0 Å². The van der Waals surface area contributed by atoms with E-state index >= 15 is 0 Å². The number of amides is 1. The van der Waals surface area contributed by atoms with Gasteiger partial charge in [0, 0.05) is 44.3 Å². The number of rotatable bonds is 5. The largest absolute Gasteiger partial charge is 0.481 e. The molecule has 0 saturated carbocycles. The minimum atomic E-state index is -0.778. The van der Waals surface area contributed by atoms with E-state index in [4.69, 9.17) is 5.11 Å². The Balaban J connectivity index is 2.13. The molecule has 2 rings (SSSR count). The van der Waals surface area contributed by atoms with Crippen LogP contribution < -0.4 is 4.90 Å². The molecule has 126 valence electrons. The summed E-state index contributed by atoms with van der Waals surface area (Å²) >= 11 is 3.37. The molecule has 1 N–H and O–H groups in total. The molecule has 0 aromatic carbocycles. The van der Waals surface area contributed by atoms with Crippen LogP contribution >= 0.6 is 15.9 Å². The van der Waals surface area contributed by atoms with Crippen molar-refractivity contribution >= 4 is 33.6 Å². The average molecular weight is 384 g/mol. The maximum atomic E-state index is 12.9. The molecule has 1 aliphatic heterocycles. The molecule has 1 fully saturated rings. The fourth-order valence-corrected chi connectivity index (χ4v) is 3.26. The van der Waals surface area contributed by atoms with Gasteiger partial charge in [0.2, 0.25) is 0 Å². The first kappa shape index (κ1) is 17.7. The molecule has 1 unspecified atom stereocenters. The topological polar surface area (TPSA) is 73.7 Å². The van der Waals surface area contributed by atoms with Crippen LogP contribution in [0.25, 0.3) is 0 Å². The lowest BCUT2D eigenvalue weighted by Gasteiger charge is -2.33. The Morgan fingerprint density at radius 2 is 2.22 bits per heavy atom. The molecule has 1 amide bonds. The molecule has 1 aromatic rings. The van der Waals surface area contributed by atoms with E-state index in [9.17, 15) is 9.59 Å². The van der Waals surface area contributed by atoms with Crippen LogP contribution in [0.15, 0.2) is 16.7 Å². The summed E-state index contributed by atoms with van der Waals surface area (Å²) in [4.78, 5) is 31.6. The summed E-state index contributed by atoms with van der Waals surface area (Å²) < 4.78 is 0.769. The average Bonchev–Trinajstić information content (AvgIpc) is 2.52.